The number of fused-ring (bicyclic) bond motifs is 1. The molecule has 0 spiro atoms. The van der Waals surface area contributed by atoms with E-state index in [1.807, 2.05) is 18.2 Å². The summed E-state index contributed by atoms with van der Waals surface area (Å²) in [7, 11) is -3.75. The lowest BCUT2D eigenvalue weighted by atomic mass is 10.3. The third-order valence-corrected chi connectivity index (χ3v) is 5.03. The highest BCUT2D eigenvalue weighted by molar-refractivity contribution is 7.90. The summed E-state index contributed by atoms with van der Waals surface area (Å²) in [5, 5.41) is 14.0. The Hall–Kier alpha value is -3.14. The van der Waals surface area contributed by atoms with Crippen molar-refractivity contribution in [2.45, 2.75) is 11.4 Å². The number of benzene rings is 2. The van der Waals surface area contributed by atoms with E-state index < -0.39 is 20.4 Å². The summed E-state index contributed by atoms with van der Waals surface area (Å²) in [4.78, 5) is 24.7. The predicted molar refractivity (Wildman–Crippen MR) is 97.3 cm³/mol. The van der Waals surface area contributed by atoms with Crippen LogP contribution in [0.2, 0.25) is 0 Å². The zero-order chi connectivity index (χ0) is 18.9. The van der Waals surface area contributed by atoms with Gasteiger partial charge in [-0.25, -0.2) is 13.2 Å². The van der Waals surface area contributed by atoms with E-state index in [1.165, 1.54) is 12.1 Å². The lowest BCUT2D eigenvalue weighted by Gasteiger charge is -2.09. The summed E-state index contributed by atoms with van der Waals surface area (Å²) in [6, 6.07) is 11.1. The number of aromatic amines is 1. The molecule has 2 N–H and O–H groups in total. The Kier molecular flexibility index (Phi) is 4.51. The molecule has 10 heteroatoms. The maximum Gasteiger partial charge on any atom is 0.326 e. The van der Waals surface area contributed by atoms with E-state index in [9.17, 15) is 23.3 Å². The molecule has 0 fully saturated rings. The topological polar surface area (TPSA) is 127 Å². The molecule has 0 aliphatic rings. The molecule has 0 saturated heterocycles. The molecule has 2 aromatic carbocycles. The van der Waals surface area contributed by atoms with Gasteiger partial charge in [-0.2, -0.15) is 0 Å². The van der Waals surface area contributed by atoms with Crippen LogP contribution >= 0.6 is 0 Å². The van der Waals surface area contributed by atoms with Gasteiger partial charge in [0, 0.05) is 31.1 Å². The van der Waals surface area contributed by atoms with Gasteiger partial charge in [0.25, 0.3) is 5.69 Å². The average molecular weight is 376 g/mol. The Bertz CT molecular complexity index is 1150. The Morgan fingerprint density at radius 2 is 1.96 bits per heavy atom. The molecule has 136 valence electrons. The molecular weight excluding hydrogens is 360 g/mol. The summed E-state index contributed by atoms with van der Waals surface area (Å²) in [5.41, 5.74) is 1.20. The number of rotatable bonds is 6. The first kappa shape index (κ1) is 17.7. The highest BCUT2D eigenvalue weighted by Crippen LogP contribution is 2.26. The van der Waals surface area contributed by atoms with Crippen LogP contribution < -0.4 is 11.0 Å². The molecule has 1 aromatic heterocycles. The molecular formula is C16H16N4O5S. The van der Waals surface area contributed by atoms with Crippen LogP contribution in [0.4, 0.5) is 11.4 Å². The Balaban J connectivity index is 1.81. The maximum absolute atomic E-state index is 12.0. The van der Waals surface area contributed by atoms with Crippen LogP contribution in [-0.2, 0) is 16.4 Å². The van der Waals surface area contributed by atoms with Gasteiger partial charge in [0.2, 0.25) is 0 Å². The van der Waals surface area contributed by atoms with Crippen molar-refractivity contribution in [2.75, 3.05) is 18.1 Å². The normalized spacial score (nSPS) is 11.6. The fourth-order valence-corrected chi connectivity index (χ4v) is 3.58. The molecule has 0 saturated carbocycles. The molecule has 0 amide bonds. The van der Waals surface area contributed by atoms with E-state index in [0.717, 1.165) is 23.4 Å². The van der Waals surface area contributed by atoms with Crippen molar-refractivity contribution in [3.63, 3.8) is 0 Å². The van der Waals surface area contributed by atoms with Gasteiger partial charge in [0.1, 0.15) is 4.90 Å². The van der Waals surface area contributed by atoms with Crippen molar-refractivity contribution >= 4 is 32.2 Å². The third kappa shape index (κ3) is 3.45. The standard InChI is InChI=1S/C16H16N4O5S/c1-26(24,25)15-10-11(6-7-14(15)20(22)23)17-8-9-19-13-5-3-2-4-12(13)18-16(19)21/h2-7,10,17H,8-9H2,1H3,(H,18,21). The average Bonchev–Trinajstić information content (AvgIpc) is 2.89. The highest BCUT2D eigenvalue weighted by atomic mass is 32.2. The van der Waals surface area contributed by atoms with Crippen LogP contribution in [0, 0.1) is 10.1 Å². The van der Waals surface area contributed by atoms with E-state index >= 15 is 0 Å². The number of anilines is 1. The first-order valence-corrected chi connectivity index (χ1v) is 9.56. The Morgan fingerprint density at radius 1 is 1.23 bits per heavy atom. The fourth-order valence-electron chi connectivity index (χ4n) is 2.71. The molecule has 9 nitrogen and oxygen atoms in total. The number of nitrogens with zero attached hydrogens (tertiary/aromatic N) is 2. The minimum atomic E-state index is -3.75. The van der Waals surface area contributed by atoms with Crippen molar-refractivity contribution in [3.8, 4) is 0 Å². The van der Waals surface area contributed by atoms with Gasteiger partial charge in [0.15, 0.2) is 9.84 Å². The summed E-state index contributed by atoms with van der Waals surface area (Å²) in [6.45, 7) is 0.677. The summed E-state index contributed by atoms with van der Waals surface area (Å²) < 4.78 is 25.1. The van der Waals surface area contributed by atoms with Gasteiger partial charge in [-0.05, 0) is 24.3 Å². The zero-order valence-corrected chi connectivity index (χ0v) is 14.6. The highest BCUT2D eigenvalue weighted by Gasteiger charge is 2.22. The first-order valence-electron chi connectivity index (χ1n) is 7.67. The van der Waals surface area contributed by atoms with Crippen molar-refractivity contribution < 1.29 is 13.3 Å². The van der Waals surface area contributed by atoms with Crippen molar-refractivity contribution in [1.82, 2.24) is 9.55 Å². The molecule has 26 heavy (non-hydrogen) atoms. The molecule has 0 aliphatic carbocycles. The number of nitrogens with one attached hydrogen (secondary N) is 2. The number of sulfone groups is 1. The summed E-state index contributed by atoms with van der Waals surface area (Å²) in [6.07, 6.45) is 0.921. The van der Waals surface area contributed by atoms with E-state index in [4.69, 9.17) is 0 Å². The van der Waals surface area contributed by atoms with Gasteiger partial charge in [0.05, 0.1) is 16.0 Å². The van der Waals surface area contributed by atoms with Crippen molar-refractivity contribution in [2.24, 2.45) is 0 Å². The number of hydrogen-bond acceptors (Lipinski definition) is 6. The molecule has 1 heterocycles. The second-order valence-electron chi connectivity index (χ2n) is 5.74. The van der Waals surface area contributed by atoms with Crippen LogP contribution in [0.3, 0.4) is 0 Å². The van der Waals surface area contributed by atoms with Gasteiger partial charge in [-0.1, -0.05) is 12.1 Å². The van der Waals surface area contributed by atoms with E-state index in [1.54, 1.807) is 10.6 Å². The van der Waals surface area contributed by atoms with E-state index in [2.05, 4.69) is 10.3 Å². The fraction of sp³-hybridized carbons (Fsp3) is 0.188. The lowest BCUT2D eigenvalue weighted by molar-refractivity contribution is -0.387. The van der Waals surface area contributed by atoms with Crippen LogP contribution in [0.5, 0.6) is 0 Å². The Labute approximate surface area is 148 Å². The Morgan fingerprint density at radius 3 is 2.65 bits per heavy atom. The molecule has 0 radical (unpaired) electrons. The second-order valence-corrected chi connectivity index (χ2v) is 7.72. The molecule has 3 rings (SSSR count). The second kappa shape index (κ2) is 6.64. The number of hydrogen-bond donors (Lipinski definition) is 2. The summed E-state index contributed by atoms with van der Waals surface area (Å²) >= 11 is 0. The molecule has 0 atom stereocenters. The minimum absolute atomic E-state index is 0.242. The largest absolute Gasteiger partial charge is 0.383 e. The van der Waals surface area contributed by atoms with Gasteiger partial charge < -0.3 is 10.3 Å². The van der Waals surface area contributed by atoms with Crippen LogP contribution in [-0.4, -0.2) is 35.7 Å². The van der Waals surface area contributed by atoms with Crippen molar-refractivity contribution in [1.29, 1.82) is 0 Å². The molecule has 3 aromatic rings. The minimum Gasteiger partial charge on any atom is -0.383 e. The van der Waals surface area contributed by atoms with E-state index in [0.29, 0.717) is 18.8 Å². The summed E-state index contributed by atoms with van der Waals surface area (Å²) in [5.74, 6) is 0. The lowest BCUT2D eigenvalue weighted by Crippen LogP contribution is -2.21. The smallest absolute Gasteiger partial charge is 0.326 e. The number of para-hydroxylation sites is 2. The van der Waals surface area contributed by atoms with Gasteiger partial charge in [-0.3, -0.25) is 14.7 Å². The zero-order valence-electron chi connectivity index (χ0n) is 13.8. The number of imidazole rings is 1. The first-order chi connectivity index (χ1) is 12.3. The number of nitro benzene ring substituents is 1. The van der Waals surface area contributed by atoms with Crippen LogP contribution in [0.25, 0.3) is 11.0 Å². The quantitative estimate of drug-likeness (QED) is 0.498. The van der Waals surface area contributed by atoms with Crippen LogP contribution in [0.15, 0.2) is 52.2 Å². The SMILES string of the molecule is CS(=O)(=O)c1cc(NCCn2c(=O)[nH]c3ccccc32)ccc1[N+](=O)[O-]. The molecule has 0 unspecified atom stereocenters. The van der Waals surface area contributed by atoms with Crippen molar-refractivity contribution in [3.05, 3.63) is 63.1 Å². The molecule has 0 bridgehead atoms. The molecule has 0 aliphatic heterocycles. The predicted octanol–water partition coefficient (Wildman–Crippen LogP) is 1.75. The van der Waals surface area contributed by atoms with Gasteiger partial charge in [-0.15, -0.1) is 0 Å². The monoisotopic (exact) mass is 376 g/mol. The van der Waals surface area contributed by atoms with E-state index in [-0.39, 0.29) is 10.6 Å². The van der Waals surface area contributed by atoms with Gasteiger partial charge >= 0.3 is 5.69 Å². The maximum atomic E-state index is 12.0. The number of aromatic nitrogens is 2. The third-order valence-electron chi connectivity index (χ3n) is 3.90. The number of H-pyrrole nitrogens is 1. The van der Waals surface area contributed by atoms with Crippen LogP contribution in [0.1, 0.15) is 0 Å². The number of nitro groups is 1.